The van der Waals surface area contributed by atoms with Crippen LogP contribution in [0.3, 0.4) is 0 Å². The highest BCUT2D eigenvalue weighted by molar-refractivity contribution is 6.10. The van der Waals surface area contributed by atoms with Crippen LogP contribution in [0.5, 0.6) is 0 Å². The van der Waals surface area contributed by atoms with Gasteiger partial charge in [-0.15, -0.1) is 0 Å². The second kappa shape index (κ2) is 6.43. The number of rotatable bonds is 3. The minimum atomic E-state index is 0.0109. The number of ketones is 1. The summed E-state index contributed by atoms with van der Waals surface area (Å²) >= 11 is 0. The Morgan fingerprint density at radius 1 is 0.821 bits per heavy atom. The maximum Gasteiger partial charge on any atom is 0.159 e. The molecular formula is C24H16N2O2. The number of fused-ring (bicyclic) bond motifs is 3. The first-order chi connectivity index (χ1) is 13.7. The van der Waals surface area contributed by atoms with Crippen LogP contribution in [0, 0.1) is 0 Å². The summed E-state index contributed by atoms with van der Waals surface area (Å²) < 4.78 is 6.17. The van der Waals surface area contributed by atoms with Gasteiger partial charge in [-0.2, -0.15) is 0 Å². The molecule has 0 bridgehead atoms. The molecule has 0 spiro atoms. The lowest BCUT2D eigenvalue weighted by Gasteiger charge is -2.09. The Morgan fingerprint density at radius 2 is 1.57 bits per heavy atom. The van der Waals surface area contributed by atoms with E-state index in [4.69, 9.17) is 4.42 Å². The first-order valence-corrected chi connectivity index (χ1v) is 9.03. The lowest BCUT2D eigenvalue weighted by Crippen LogP contribution is -1.95. The molecule has 0 aliphatic rings. The Morgan fingerprint density at radius 3 is 2.39 bits per heavy atom. The van der Waals surface area contributed by atoms with Crippen LogP contribution >= 0.6 is 0 Å². The number of para-hydroxylation sites is 2. The molecule has 2 aromatic heterocycles. The zero-order valence-corrected chi connectivity index (χ0v) is 15.2. The summed E-state index contributed by atoms with van der Waals surface area (Å²) in [6.45, 7) is 1.58. The summed E-state index contributed by atoms with van der Waals surface area (Å²) in [6.07, 6.45) is 4.99. The Bertz CT molecular complexity index is 1340. The highest BCUT2D eigenvalue weighted by Crippen LogP contribution is 2.37. The molecule has 0 radical (unpaired) electrons. The van der Waals surface area contributed by atoms with E-state index in [0.717, 1.165) is 44.2 Å². The molecule has 3 aromatic carbocycles. The molecule has 5 rings (SSSR count). The third kappa shape index (κ3) is 2.67. The van der Waals surface area contributed by atoms with Crippen LogP contribution < -0.4 is 0 Å². The second-order valence-corrected chi connectivity index (χ2v) is 6.76. The van der Waals surface area contributed by atoms with Crippen LogP contribution in [0.2, 0.25) is 0 Å². The standard InChI is InChI=1S/C24H16N2O2/c1-15(27)16-9-17(19-12-25-14-26-13-19)11-18(10-16)20-6-4-7-22-21-5-2-3-8-23(21)28-24(20)22/h2-14H,1H3. The van der Waals surface area contributed by atoms with Crippen molar-refractivity contribution >= 4 is 27.7 Å². The average Bonchev–Trinajstić information content (AvgIpc) is 3.13. The van der Waals surface area contributed by atoms with Crippen molar-refractivity contribution in [3.8, 4) is 22.3 Å². The fourth-order valence-electron chi connectivity index (χ4n) is 3.58. The predicted molar refractivity (Wildman–Crippen MR) is 110 cm³/mol. The van der Waals surface area contributed by atoms with Gasteiger partial charge in [0, 0.05) is 39.9 Å². The molecule has 0 aliphatic carbocycles. The smallest absolute Gasteiger partial charge is 0.159 e. The van der Waals surface area contributed by atoms with Crippen molar-refractivity contribution in [2.45, 2.75) is 6.92 Å². The molecule has 4 nitrogen and oxygen atoms in total. The van der Waals surface area contributed by atoms with E-state index in [1.807, 2.05) is 48.5 Å². The number of Topliss-reactive ketones (excluding diaryl/α,β-unsaturated/α-hetero) is 1. The van der Waals surface area contributed by atoms with Crippen LogP contribution in [0.1, 0.15) is 17.3 Å². The van der Waals surface area contributed by atoms with Crippen LogP contribution in [0.4, 0.5) is 0 Å². The van der Waals surface area contributed by atoms with E-state index in [1.54, 1.807) is 19.3 Å². The molecule has 4 heteroatoms. The predicted octanol–water partition coefficient (Wildman–Crippen LogP) is 5.91. The first kappa shape index (κ1) is 16.4. The fourth-order valence-corrected chi connectivity index (χ4v) is 3.58. The largest absolute Gasteiger partial charge is 0.455 e. The molecule has 2 heterocycles. The van der Waals surface area contributed by atoms with Gasteiger partial charge in [0.15, 0.2) is 5.78 Å². The van der Waals surface area contributed by atoms with Crippen LogP contribution in [-0.4, -0.2) is 15.8 Å². The van der Waals surface area contributed by atoms with Gasteiger partial charge in [0.05, 0.1) is 0 Å². The zero-order valence-electron chi connectivity index (χ0n) is 15.2. The molecule has 5 aromatic rings. The lowest BCUT2D eigenvalue weighted by atomic mass is 9.95. The lowest BCUT2D eigenvalue weighted by molar-refractivity contribution is 0.101. The maximum atomic E-state index is 12.2. The first-order valence-electron chi connectivity index (χ1n) is 9.03. The third-order valence-electron chi connectivity index (χ3n) is 4.95. The highest BCUT2D eigenvalue weighted by atomic mass is 16.3. The topological polar surface area (TPSA) is 56.0 Å². The van der Waals surface area contributed by atoms with E-state index in [1.165, 1.54) is 6.33 Å². The van der Waals surface area contributed by atoms with Gasteiger partial charge >= 0.3 is 0 Å². The summed E-state index contributed by atoms with van der Waals surface area (Å²) in [7, 11) is 0. The van der Waals surface area contributed by atoms with Gasteiger partial charge in [-0.1, -0.05) is 36.4 Å². The Hall–Kier alpha value is -3.79. The van der Waals surface area contributed by atoms with Crippen molar-refractivity contribution < 1.29 is 9.21 Å². The number of furan rings is 1. The average molecular weight is 364 g/mol. The van der Waals surface area contributed by atoms with Crippen LogP contribution in [0.25, 0.3) is 44.2 Å². The van der Waals surface area contributed by atoms with E-state index in [-0.39, 0.29) is 5.78 Å². The molecule has 0 saturated carbocycles. The van der Waals surface area contributed by atoms with Gasteiger partial charge < -0.3 is 4.42 Å². The molecule has 134 valence electrons. The SMILES string of the molecule is CC(=O)c1cc(-c2cncnc2)cc(-c2cccc3c2oc2ccccc23)c1. The molecule has 0 fully saturated rings. The van der Waals surface area contributed by atoms with Crippen LogP contribution in [0.15, 0.2) is 83.8 Å². The summed E-state index contributed by atoms with van der Waals surface area (Å²) in [5.41, 5.74) is 5.96. The molecular weight excluding hydrogens is 348 g/mol. The van der Waals surface area contributed by atoms with E-state index in [2.05, 4.69) is 22.1 Å². The molecule has 0 N–H and O–H groups in total. The third-order valence-corrected chi connectivity index (χ3v) is 4.95. The molecule has 0 aliphatic heterocycles. The van der Waals surface area contributed by atoms with E-state index < -0.39 is 0 Å². The zero-order chi connectivity index (χ0) is 19.1. The van der Waals surface area contributed by atoms with Crippen LogP contribution in [-0.2, 0) is 0 Å². The molecule has 0 saturated heterocycles. The normalized spacial score (nSPS) is 11.2. The van der Waals surface area contributed by atoms with E-state index >= 15 is 0 Å². The number of hydrogen-bond acceptors (Lipinski definition) is 4. The minimum Gasteiger partial charge on any atom is -0.455 e. The van der Waals surface area contributed by atoms with Gasteiger partial charge in [-0.25, -0.2) is 9.97 Å². The van der Waals surface area contributed by atoms with Crippen molar-refractivity contribution in [1.29, 1.82) is 0 Å². The second-order valence-electron chi connectivity index (χ2n) is 6.76. The van der Waals surface area contributed by atoms with Crippen molar-refractivity contribution in [2.75, 3.05) is 0 Å². The van der Waals surface area contributed by atoms with Gasteiger partial charge in [-0.05, 0) is 42.3 Å². The van der Waals surface area contributed by atoms with Gasteiger partial charge in [-0.3, -0.25) is 4.79 Å². The Labute approximate surface area is 161 Å². The Balaban J connectivity index is 1.79. The summed E-state index contributed by atoms with van der Waals surface area (Å²) in [5.74, 6) is 0.0109. The van der Waals surface area contributed by atoms with Crippen molar-refractivity contribution in [2.24, 2.45) is 0 Å². The van der Waals surface area contributed by atoms with E-state index in [0.29, 0.717) is 5.56 Å². The van der Waals surface area contributed by atoms with Crippen molar-refractivity contribution in [3.63, 3.8) is 0 Å². The number of carbonyl (C=O) groups excluding carboxylic acids is 1. The maximum absolute atomic E-state index is 12.2. The summed E-state index contributed by atoms with van der Waals surface area (Å²) in [6, 6.07) is 19.9. The number of benzene rings is 3. The van der Waals surface area contributed by atoms with Gasteiger partial charge in [0.1, 0.15) is 17.5 Å². The van der Waals surface area contributed by atoms with Crippen molar-refractivity contribution in [3.05, 3.63) is 84.9 Å². The highest BCUT2D eigenvalue weighted by Gasteiger charge is 2.14. The summed E-state index contributed by atoms with van der Waals surface area (Å²) in [4.78, 5) is 20.4. The van der Waals surface area contributed by atoms with Gasteiger partial charge in [0.25, 0.3) is 0 Å². The van der Waals surface area contributed by atoms with Crippen molar-refractivity contribution in [1.82, 2.24) is 9.97 Å². The van der Waals surface area contributed by atoms with Gasteiger partial charge in [0.2, 0.25) is 0 Å². The number of carbonyl (C=O) groups is 1. The molecule has 0 atom stereocenters. The molecule has 0 unspecified atom stereocenters. The monoisotopic (exact) mass is 364 g/mol. The molecule has 28 heavy (non-hydrogen) atoms. The number of nitrogens with zero attached hydrogens (tertiary/aromatic N) is 2. The number of aromatic nitrogens is 2. The fraction of sp³-hybridized carbons (Fsp3) is 0.0417. The molecule has 0 amide bonds. The van der Waals surface area contributed by atoms with E-state index in [9.17, 15) is 4.79 Å². The quantitative estimate of drug-likeness (QED) is 0.373. The number of hydrogen-bond donors (Lipinski definition) is 0. The Kier molecular flexibility index (Phi) is 3.76. The minimum absolute atomic E-state index is 0.0109. The summed E-state index contributed by atoms with van der Waals surface area (Å²) in [5, 5.41) is 2.14.